The molecule has 0 aliphatic carbocycles. The summed E-state index contributed by atoms with van der Waals surface area (Å²) < 4.78 is 5.08. The second-order valence-corrected chi connectivity index (χ2v) is 5.57. The van der Waals surface area contributed by atoms with Gasteiger partial charge >= 0.3 is 5.97 Å². The van der Waals surface area contributed by atoms with E-state index in [4.69, 9.17) is 10.5 Å². The summed E-state index contributed by atoms with van der Waals surface area (Å²) in [6.45, 7) is 5.60. The first-order valence-electron chi connectivity index (χ1n) is 7.76. The highest BCUT2D eigenvalue weighted by Crippen LogP contribution is 2.21. The molecule has 0 radical (unpaired) electrons. The van der Waals surface area contributed by atoms with Gasteiger partial charge in [-0.25, -0.2) is 4.79 Å². The van der Waals surface area contributed by atoms with Crippen molar-refractivity contribution in [2.75, 3.05) is 19.7 Å². The Labute approximate surface area is 121 Å². The third kappa shape index (κ3) is 5.12. The van der Waals surface area contributed by atoms with Crippen LogP contribution in [0.2, 0.25) is 0 Å². The predicted molar refractivity (Wildman–Crippen MR) is 78.1 cm³/mol. The average Bonchev–Trinajstić information content (AvgIpc) is 2.45. The number of amides is 1. The molecule has 2 unspecified atom stereocenters. The number of ether oxygens (including phenoxy) is 1. The van der Waals surface area contributed by atoms with E-state index in [1.807, 2.05) is 0 Å². The number of carbonyl (C=O) groups excluding carboxylic acids is 2. The second-order valence-electron chi connectivity index (χ2n) is 5.57. The molecule has 5 nitrogen and oxygen atoms in total. The summed E-state index contributed by atoms with van der Waals surface area (Å²) in [6.07, 6.45) is 4.95. The zero-order chi connectivity index (χ0) is 15.0. The fourth-order valence-corrected chi connectivity index (χ4v) is 2.66. The number of carbonyl (C=O) groups is 2. The summed E-state index contributed by atoms with van der Waals surface area (Å²) in [5, 5.41) is 0. The summed E-state index contributed by atoms with van der Waals surface area (Å²) in [7, 11) is 0. The summed E-state index contributed by atoms with van der Waals surface area (Å²) in [5.41, 5.74) is 5.52. The molecule has 1 aliphatic rings. The van der Waals surface area contributed by atoms with Gasteiger partial charge in [-0.2, -0.15) is 0 Å². The molecule has 1 amide bonds. The number of hydrogen-bond donors (Lipinski definition) is 1. The molecule has 0 aromatic carbocycles. The highest BCUT2D eigenvalue weighted by molar-refractivity contribution is 5.84. The van der Waals surface area contributed by atoms with Gasteiger partial charge in [-0.1, -0.05) is 6.92 Å². The van der Waals surface area contributed by atoms with Gasteiger partial charge in [-0.3, -0.25) is 4.79 Å². The van der Waals surface area contributed by atoms with Crippen molar-refractivity contribution >= 4 is 11.9 Å². The summed E-state index contributed by atoms with van der Waals surface area (Å²) >= 11 is 0. The molecule has 1 fully saturated rings. The van der Waals surface area contributed by atoms with Crippen LogP contribution in [-0.2, 0) is 14.3 Å². The summed E-state index contributed by atoms with van der Waals surface area (Å²) in [4.78, 5) is 26.0. The molecule has 0 spiro atoms. The number of nitrogens with two attached hydrogens (primary N) is 1. The van der Waals surface area contributed by atoms with Crippen LogP contribution in [-0.4, -0.2) is 42.5 Å². The van der Waals surface area contributed by atoms with E-state index in [2.05, 4.69) is 6.92 Å². The first-order valence-corrected chi connectivity index (χ1v) is 7.76. The first kappa shape index (κ1) is 17.0. The second kappa shape index (κ2) is 8.95. The van der Waals surface area contributed by atoms with Crippen molar-refractivity contribution in [1.29, 1.82) is 0 Å². The number of rotatable bonds is 7. The molecular weight excluding hydrogens is 256 g/mol. The van der Waals surface area contributed by atoms with Gasteiger partial charge in [0, 0.05) is 13.0 Å². The van der Waals surface area contributed by atoms with Crippen LogP contribution in [0, 0.1) is 5.92 Å². The van der Waals surface area contributed by atoms with E-state index in [0.29, 0.717) is 32.0 Å². The molecule has 0 aromatic rings. The Morgan fingerprint density at radius 1 is 1.35 bits per heavy atom. The smallest absolute Gasteiger partial charge is 0.328 e. The third-order valence-electron chi connectivity index (χ3n) is 3.89. The zero-order valence-corrected chi connectivity index (χ0v) is 12.8. The lowest BCUT2D eigenvalue weighted by atomic mass is 9.98. The van der Waals surface area contributed by atoms with Crippen LogP contribution in [0.15, 0.2) is 0 Å². The van der Waals surface area contributed by atoms with Gasteiger partial charge in [0.2, 0.25) is 5.91 Å². The quantitative estimate of drug-likeness (QED) is 0.722. The van der Waals surface area contributed by atoms with Gasteiger partial charge in [-0.05, 0) is 51.5 Å². The molecule has 20 heavy (non-hydrogen) atoms. The van der Waals surface area contributed by atoms with Gasteiger partial charge in [0.1, 0.15) is 6.04 Å². The zero-order valence-electron chi connectivity index (χ0n) is 12.8. The van der Waals surface area contributed by atoms with Gasteiger partial charge in [-0.15, -0.1) is 0 Å². The highest BCUT2D eigenvalue weighted by Gasteiger charge is 2.32. The Hall–Kier alpha value is -1.10. The molecule has 116 valence electrons. The van der Waals surface area contributed by atoms with E-state index in [9.17, 15) is 9.59 Å². The molecule has 5 heteroatoms. The van der Waals surface area contributed by atoms with Crippen molar-refractivity contribution in [3.8, 4) is 0 Å². The molecular formula is C15H28N2O3. The van der Waals surface area contributed by atoms with Crippen molar-refractivity contribution in [1.82, 2.24) is 4.90 Å². The minimum absolute atomic E-state index is 0.0756. The highest BCUT2D eigenvalue weighted by atomic mass is 16.5. The molecule has 0 bridgehead atoms. The fourth-order valence-electron chi connectivity index (χ4n) is 2.66. The lowest BCUT2D eigenvalue weighted by Gasteiger charge is -2.34. The Bertz CT molecular complexity index is 320. The van der Waals surface area contributed by atoms with E-state index in [0.717, 1.165) is 32.1 Å². The maximum Gasteiger partial charge on any atom is 0.328 e. The molecule has 0 aromatic heterocycles. The van der Waals surface area contributed by atoms with E-state index >= 15 is 0 Å². The Balaban J connectivity index is 2.51. The lowest BCUT2D eigenvalue weighted by Crippen LogP contribution is -2.48. The number of piperidine rings is 1. The third-order valence-corrected chi connectivity index (χ3v) is 3.89. The molecule has 1 rings (SSSR count). The molecule has 2 atom stereocenters. The topological polar surface area (TPSA) is 72.6 Å². The van der Waals surface area contributed by atoms with Gasteiger partial charge in [0.25, 0.3) is 0 Å². The largest absolute Gasteiger partial charge is 0.464 e. The van der Waals surface area contributed by atoms with Crippen molar-refractivity contribution in [2.24, 2.45) is 11.7 Å². The number of nitrogens with zero attached hydrogens (tertiary/aromatic N) is 1. The van der Waals surface area contributed by atoms with Crippen molar-refractivity contribution in [3.05, 3.63) is 0 Å². The lowest BCUT2D eigenvalue weighted by molar-refractivity contribution is -0.156. The van der Waals surface area contributed by atoms with Crippen LogP contribution in [0.1, 0.15) is 52.4 Å². The average molecular weight is 284 g/mol. The van der Waals surface area contributed by atoms with Crippen molar-refractivity contribution in [3.63, 3.8) is 0 Å². The van der Waals surface area contributed by atoms with Crippen molar-refractivity contribution in [2.45, 2.75) is 58.4 Å². The summed E-state index contributed by atoms with van der Waals surface area (Å²) in [5.74, 6) is 0.275. The monoisotopic (exact) mass is 284 g/mol. The Kier molecular flexibility index (Phi) is 7.59. The molecule has 2 N–H and O–H groups in total. The van der Waals surface area contributed by atoms with E-state index in [1.54, 1.807) is 11.8 Å². The first-order chi connectivity index (χ1) is 9.60. The number of esters is 1. The molecule has 0 saturated carbocycles. The van der Waals surface area contributed by atoms with Crippen LogP contribution in [0.4, 0.5) is 0 Å². The van der Waals surface area contributed by atoms with Gasteiger partial charge < -0.3 is 15.4 Å². The van der Waals surface area contributed by atoms with Gasteiger partial charge in [0.05, 0.1) is 6.61 Å². The van der Waals surface area contributed by atoms with E-state index in [1.165, 1.54) is 0 Å². The molecule has 1 saturated heterocycles. The van der Waals surface area contributed by atoms with Crippen LogP contribution >= 0.6 is 0 Å². The minimum Gasteiger partial charge on any atom is -0.464 e. The number of likely N-dealkylation sites (tertiary alicyclic amines) is 1. The number of hydrogen-bond acceptors (Lipinski definition) is 4. The van der Waals surface area contributed by atoms with Crippen LogP contribution in [0.5, 0.6) is 0 Å². The van der Waals surface area contributed by atoms with E-state index < -0.39 is 0 Å². The summed E-state index contributed by atoms with van der Waals surface area (Å²) in [6, 6.07) is -0.374. The van der Waals surface area contributed by atoms with Crippen LogP contribution in [0.3, 0.4) is 0 Å². The fraction of sp³-hybridized carbons (Fsp3) is 0.867. The molecule has 1 heterocycles. The van der Waals surface area contributed by atoms with Gasteiger partial charge in [0.15, 0.2) is 0 Å². The van der Waals surface area contributed by atoms with E-state index in [-0.39, 0.29) is 17.9 Å². The maximum absolute atomic E-state index is 12.3. The minimum atomic E-state index is -0.374. The van der Waals surface area contributed by atoms with Crippen LogP contribution in [0.25, 0.3) is 0 Å². The Morgan fingerprint density at radius 3 is 2.75 bits per heavy atom. The van der Waals surface area contributed by atoms with Crippen molar-refractivity contribution < 1.29 is 14.3 Å². The standard InChI is InChI=1S/C15H28N2O3/c1-3-20-15(19)13-6-4-5-11-17(13)14(18)8-7-12(2)9-10-16/h12-13H,3-11,16H2,1-2H3. The Morgan fingerprint density at radius 2 is 2.10 bits per heavy atom. The SMILES string of the molecule is CCOC(=O)C1CCCCN1C(=O)CCC(C)CCN. The normalized spacial score (nSPS) is 20.6. The molecule has 1 aliphatic heterocycles. The maximum atomic E-state index is 12.3. The predicted octanol–water partition coefficient (Wildman–Crippen LogP) is 1.70. The van der Waals surface area contributed by atoms with Crippen LogP contribution < -0.4 is 5.73 Å².